The van der Waals surface area contributed by atoms with Gasteiger partial charge in [-0.2, -0.15) is 0 Å². The van der Waals surface area contributed by atoms with Crippen LogP contribution in [0.15, 0.2) is 29.2 Å². The lowest BCUT2D eigenvalue weighted by Crippen LogP contribution is -2.47. The van der Waals surface area contributed by atoms with Crippen molar-refractivity contribution in [2.75, 3.05) is 11.1 Å². The number of hydrogen-bond donors (Lipinski definition) is 2. The molecule has 0 saturated heterocycles. The average molecular weight is 284 g/mol. The Hall–Kier alpha value is -1.07. The molecule has 1 rings (SSSR count). The molecule has 4 nitrogen and oxygen atoms in total. The van der Waals surface area contributed by atoms with Crippen LogP contribution in [0.4, 0.5) is 5.69 Å². The first-order valence-electron chi connectivity index (χ1n) is 6.55. The summed E-state index contributed by atoms with van der Waals surface area (Å²) in [6.07, 6.45) is 0.625. The predicted octanol–water partition coefficient (Wildman–Crippen LogP) is 2.41. The lowest BCUT2D eigenvalue weighted by Gasteiger charge is -2.31. The molecule has 0 radical (unpaired) electrons. The molecule has 0 aliphatic carbocycles. The predicted molar refractivity (Wildman–Crippen MR) is 80.1 cm³/mol. The molecule has 0 aromatic heterocycles. The van der Waals surface area contributed by atoms with Gasteiger partial charge in [-0.15, -0.1) is 0 Å². The molecular formula is C14H24N2O2S. The third kappa shape index (κ3) is 4.21. The summed E-state index contributed by atoms with van der Waals surface area (Å²) in [5.41, 5.74) is 6.53. The van der Waals surface area contributed by atoms with Crippen LogP contribution in [0, 0.1) is 0 Å². The molecule has 1 atom stereocenters. The Kier molecular flexibility index (Phi) is 4.98. The molecular weight excluding hydrogens is 260 g/mol. The van der Waals surface area contributed by atoms with Crippen molar-refractivity contribution in [1.82, 2.24) is 0 Å². The summed E-state index contributed by atoms with van der Waals surface area (Å²) in [6, 6.07) is 6.84. The topological polar surface area (TPSA) is 72.2 Å². The van der Waals surface area contributed by atoms with Crippen molar-refractivity contribution >= 4 is 15.5 Å². The standard InChI is InChI=1S/C14H24N2O2S/c1-5-10-19(17,18)13-8-6-12(7-9-13)16-14(3,4)11(2)15/h6-9,11,16H,5,10,15H2,1-4H3. The van der Waals surface area contributed by atoms with Crippen molar-refractivity contribution in [3.63, 3.8) is 0 Å². The van der Waals surface area contributed by atoms with E-state index in [0.717, 1.165) is 5.69 Å². The highest BCUT2D eigenvalue weighted by atomic mass is 32.2. The third-order valence-electron chi connectivity index (χ3n) is 3.29. The van der Waals surface area contributed by atoms with Crippen molar-refractivity contribution in [2.24, 2.45) is 5.73 Å². The van der Waals surface area contributed by atoms with Gasteiger partial charge < -0.3 is 11.1 Å². The smallest absolute Gasteiger partial charge is 0.178 e. The van der Waals surface area contributed by atoms with Gasteiger partial charge in [-0.3, -0.25) is 0 Å². The van der Waals surface area contributed by atoms with Crippen LogP contribution in [-0.4, -0.2) is 25.8 Å². The first-order chi connectivity index (χ1) is 8.69. The molecule has 1 aromatic rings. The van der Waals surface area contributed by atoms with Gasteiger partial charge in [0.15, 0.2) is 9.84 Å². The Morgan fingerprint density at radius 2 is 1.79 bits per heavy atom. The van der Waals surface area contributed by atoms with Crippen LogP contribution >= 0.6 is 0 Å². The van der Waals surface area contributed by atoms with Crippen LogP contribution in [-0.2, 0) is 9.84 Å². The van der Waals surface area contributed by atoms with E-state index in [1.54, 1.807) is 24.3 Å². The van der Waals surface area contributed by atoms with E-state index in [1.165, 1.54) is 0 Å². The Morgan fingerprint density at radius 3 is 2.21 bits per heavy atom. The Labute approximate surface area is 116 Å². The van der Waals surface area contributed by atoms with Crippen molar-refractivity contribution in [2.45, 2.75) is 50.6 Å². The summed E-state index contributed by atoms with van der Waals surface area (Å²) in [7, 11) is -3.14. The fourth-order valence-corrected chi connectivity index (χ4v) is 2.94. The summed E-state index contributed by atoms with van der Waals surface area (Å²) in [5, 5.41) is 3.31. The van der Waals surface area contributed by atoms with E-state index in [0.29, 0.717) is 11.3 Å². The number of sulfone groups is 1. The number of hydrogen-bond acceptors (Lipinski definition) is 4. The number of rotatable bonds is 6. The van der Waals surface area contributed by atoms with E-state index in [2.05, 4.69) is 5.32 Å². The second-order valence-corrected chi connectivity index (χ2v) is 7.59. The highest BCUT2D eigenvalue weighted by Gasteiger charge is 2.22. The van der Waals surface area contributed by atoms with Crippen LogP contribution in [0.3, 0.4) is 0 Å². The first kappa shape index (κ1) is 16.0. The highest BCUT2D eigenvalue weighted by Crippen LogP contribution is 2.20. The molecule has 0 amide bonds. The molecule has 1 unspecified atom stereocenters. The molecule has 108 valence electrons. The molecule has 0 heterocycles. The Bertz CT molecular complexity index is 505. The number of benzene rings is 1. The van der Waals surface area contributed by atoms with Gasteiger partial charge in [0.05, 0.1) is 10.6 Å². The van der Waals surface area contributed by atoms with E-state index in [1.807, 2.05) is 27.7 Å². The summed E-state index contributed by atoms with van der Waals surface area (Å²) < 4.78 is 23.8. The maximum Gasteiger partial charge on any atom is 0.178 e. The van der Waals surface area contributed by atoms with E-state index < -0.39 is 9.84 Å². The van der Waals surface area contributed by atoms with Crippen molar-refractivity contribution in [3.8, 4) is 0 Å². The maximum absolute atomic E-state index is 11.9. The number of nitrogens with one attached hydrogen (secondary N) is 1. The van der Waals surface area contributed by atoms with Gasteiger partial charge in [-0.25, -0.2) is 8.42 Å². The highest BCUT2D eigenvalue weighted by molar-refractivity contribution is 7.91. The van der Waals surface area contributed by atoms with Crippen LogP contribution in [0.5, 0.6) is 0 Å². The molecule has 0 saturated carbocycles. The zero-order valence-electron chi connectivity index (χ0n) is 12.1. The zero-order valence-corrected chi connectivity index (χ0v) is 12.9. The number of nitrogens with two attached hydrogens (primary N) is 1. The molecule has 0 spiro atoms. The molecule has 0 fully saturated rings. The SMILES string of the molecule is CCCS(=O)(=O)c1ccc(NC(C)(C)C(C)N)cc1. The second kappa shape index (κ2) is 5.92. The minimum absolute atomic E-state index is 0.0176. The fourth-order valence-electron chi connectivity index (χ4n) is 1.62. The summed E-state index contributed by atoms with van der Waals surface area (Å²) in [6.45, 7) is 7.82. The van der Waals surface area contributed by atoms with Gasteiger partial charge in [0, 0.05) is 17.3 Å². The normalized spacial score (nSPS) is 14.2. The van der Waals surface area contributed by atoms with Gasteiger partial charge in [0.1, 0.15) is 0 Å². The van der Waals surface area contributed by atoms with E-state index >= 15 is 0 Å². The minimum Gasteiger partial charge on any atom is -0.379 e. The zero-order chi connectivity index (χ0) is 14.7. The van der Waals surface area contributed by atoms with Crippen molar-refractivity contribution < 1.29 is 8.42 Å². The first-order valence-corrected chi connectivity index (χ1v) is 8.21. The monoisotopic (exact) mass is 284 g/mol. The summed E-state index contributed by atoms with van der Waals surface area (Å²) in [4.78, 5) is 0.374. The number of anilines is 1. The Morgan fingerprint density at radius 1 is 1.26 bits per heavy atom. The molecule has 5 heteroatoms. The van der Waals surface area contributed by atoms with Crippen LogP contribution in [0.2, 0.25) is 0 Å². The third-order valence-corrected chi connectivity index (χ3v) is 5.23. The molecule has 19 heavy (non-hydrogen) atoms. The van der Waals surface area contributed by atoms with Crippen LogP contribution in [0.1, 0.15) is 34.1 Å². The van der Waals surface area contributed by atoms with Gasteiger partial charge in [-0.1, -0.05) is 6.92 Å². The van der Waals surface area contributed by atoms with Crippen LogP contribution in [0.25, 0.3) is 0 Å². The lowest BCUT2D eigenvalue weighted by molar-refractivity contribution is 0.471. The fraction of sp³-hybridized carbons (Fsp3) is 0.571. The largest absolute Gasteiger partial charge is 0.379 e. The van der Waals surface area contributed by atoms with E-state index in [-0.39, 0.29) is 17.3 Å². The lowest BCUT2D eigenvalue weighted by atomic mass is 9.96. The molecule has 0 aliphatic heterocycles. The van der Waals surface area contributed by atoms with Gasteiger partial charge in [-0.05, 0) is 51.5 Å². The van der Waals surface area contributed by atoms with Gasteiger partial charge in [0.2, 0.25) is 0 Å². The van der Waals surface area contributed by atoms with Gasteiger partial charge in [0.25, 0.3) is 0 Å². The maximum atomic E-state index is 11.9. The summed E-state index contributed by atoms with van der Waals surface area (Å²) in [5.74, 6) is 0.186. The van der Waals surface area contributed by atoms with Crippen LogP contribution < -0.4 is 11.1 Å². The summed E-state index contributed by atoms with van der Waals surface area (Å²) >= 11 is 0. The Balaban J connectivity index is 2.89. The molecule has 1 aromatic carbocycles. The average Bonchev–Trinajstić information content (AvgIpc) is 2.28. The molecule has 0 aliphatic rings. The molecule has 0 bridgehead atoms. The van der Waals surface area contributed by atoms with E-state index in [9.17, 15) is 8.42 Å². The molecule has 3 N–H and O–H groups in total. The van der Waals surface area contributed by atoms with Crippen molar-refractivity contribution in [1.29, 1.82) is 0 Å². The van der Waals surface area contributed by atoms with Crippen molar-refractivity contribution in [3.05, 3.63) is 24.3 Å². The van der Waals surface area contributed by atoms with E-state index in [4.69, 9.17) is 5.73 Å². The second-order valence-electron chi connectivity index (χ2n) is 5.48. The quantitative estimate of drug-likeness (QED) is 0.841. The minimum atomic E-state index is -3.14. The van der Waals surface area contributed by atoms with Gasteiger partial charge >= 0.3 is 0 Å².